The van der Waals surface area contributed by atoms with Crippen LogP contribution in [-0.2, 0) is 34.0 Å². The first-order valence-electron chi connectivity index (χ1n) is 6.37. The second-order valence-electron chi connectivity index (χ2n) is 5.73. The van der Waals surface area contributed by atoms with Crippen LogP contribution in [-0.4, -0.2) is 50.6 Å². The summed E-state index contributed by atoms with van der Waals surface area (Å²) in [5.41, 5.74) is 0. The summed E-state index contributed by atoms with van der Waals surface area (Å²) in [5.74, 6) is -3.09. The summed E-state index contributed by atoms with van der Waals surface area (Å²) < 4.78 is 88.1. The van der Waals surface area contributed by atoms with Gasteiger partial charge in [-0.05, 0) is 18.8 Å². The van der Waals surface area contributed by atoms with Gasteiger partial charge in [0.2, 0.25) is 0 Å². The molecule has 1 aliphatic heterocycles. The quantitative estimate of drug-likeness (QED) is 0.413. The van der Waals surface area contributed by atoms with Gasteiger partial charge in [0.15, 0.2) is 6.61 Å². The predicted octanol–water partition coefficient (Wildman–Crippen LogP) is -0.237. The number of alkyl halides is 2. The Morgan fingerprint density at radius 3 is 2.59 bits per heavy atom. The Bertz CT molecular complexity index is 713. The third-order valence-corrected chi connectivity index (χ3v) is 7.19. The molecule has 0 spiro atoms. The molecule has 5 atom stereocenters. The summed E-state index contributed by atoms with van der Waals surface area (Å²) >= 11 is 0. The average Bonchev–Trinajstić information content (AvgIpc) is 2.94. The van der Waals surface area contributed by atoms with E-state index in [1.807, 2.05) is 0 Å². The van der Waals surface area contributed by atoms with Crippen LogP contribution in [0, 0.1) is 17.8 Å². The maximum atomic E-state index is 13.0. The van der Waals surface area contributed by atoms with Crippen LogP contribution in [0.15, 0.2) is 0 Å². The molecule has 126 valence electrons. The molecule has 3 rings (SSSR count). The standard InChI is InChI=1S/C10H12F2O8S2/c11-10(12,22(16,17)18)3-19-9(13)7-4-1-5-6(2-4)20-21(14,15)8(5)7/h4-8H,1-3H2,(H,16,17,18). The summed E-state index contributed by atoms with van der Waals surface area (Å²) in [5, 5.41) is -5.78. The number of carbonyl (C=O) groups is 1. The molecule has 3 aliphatic rings. The van der Waals surface area contributed by atoms with Gasteiger partial charge in [0.05, 0.1) is 12.0 Å². The monoisotopic (exact) mass is 362 g/mol. The number of hydrogen-bond donors (Lipinski definition) is 1. The molecular weight excluding hydrogens is 350 g/mol. The molecular formula is C10H12F2O8S2. The van der Waals surface area contributed by atoms with E-state index in [0.717, 1.165) is 0 Å². The molecule has 1 N–H and O–H groups in total. The summed E-state index contributed by atoms with van der Waals surface area (Å²) in [4.78, 5) is 11.9. The van der Waals surface area contributed by atoms with E-state index >= 15 is 0 Å². The van der Waals surface area contributed by atoms with E-state index < -0.39 is 55.3 Å². The normalized spacial score (nSPS) is 39.1. The molecule has 1 heterocycles. The molecule has 0 radical (unpaired) electrons. The minimum absolute atomic E-state index is 0.314. The number of halogens is 2. The molecule has 0 aromatic heterocycles. The van der Waals surface area contributed by atoms with E-state index in [4.69, 9.17) is 8.74 Å². The number of carbonyl (C=O) groups excluding carboxylic acids is 1. The van der Waals surface area contributed by atoms with Gasteiger partial charge in [-0.3, -0.25) is 13.5 Å². The Hall–Kier alpha value is -0.850. The van der Waals surface area contributed by atoms with E-state index in [1.165, 1.54) is 0 Å². The third-order valence-electron chi connectivity index (χ3n) is 4.49. The molecule has 8 nitrogen and oxygen atoms in total. The summed E-state index contributed by atoms with van der Waals surface area (Å²) in [6, 6.07) is 0. The van der Waals surface area contributed by atoms with Gasteiger partial charge < -0.3 is 4.74 Å². The number of fused-ring (bicyclic) bond motifs is 1. The van der Waals surface area contributed by atoms with Gasteiger partial charge in [-0.15, -0.1) is 0 Å². The van der Waals surface area contributed by atoms with Crippen LogP contribution < -0.4 is 0 Å². The molecule has 0 aromatic rings. The molecule has 0 aromatic carbocycles. The van der Waals surface area contributed by atoms with Gasteiger partial charge in [0.25, 0.3) is 10.1 Å². The lowest BCUT2D eigenvalue weighted by molar-refractivity contribution is -0.156. The van der Waals surface area contributed by atoms with Crippen molar-refractivity contribution < 1.29 is 43.9 Å². The Morgan fingerprint density at radius 1 is 1.36 bits per heavy atom. The fraction of sp³-hybridized carbons (Fsp3) is 0.900. The molecule has 2 saturated carbocycles. The lowest BCUT2D eigenvalue weighted by Gasteiger charge is -2.23. The van der Waals surface area contributed by atoms with Crippen LogP contribution in [0.25, 0.3) is 0 Å². The van der Waals surface area contributed by atoms with Gasteiger partial charge in [0.1, 0.15) is 5.25 Å². The van der Waals surface area contributed by atoms with Crippen molar-refractivity contribution >= 4 is 26.2 Å². The molecule has 1 saturated heterocycles. The van der Waals surface area contributed by atoms with Crippen LogP contribution in [0.3, 0.4) is 0 Å². The average molecular weight is 362 g/mol. The number of esters is 1. The molecule has 2 aliphatic carbocycles. The van der Waals surface area contributed by atoms with E-state index in [0.29, 0.717) is 12.8 Å². The van der Waals surface area contributed by atoms with E-state index in [-0.39, 0.29) is 11.8 Å². The number of rotatable bonds is 4. The first-order chi connectivity index (χ1) is 9.94. The molecule has 0 amide bonds. The van der Waals surface area contributed by atoms with Crippen molar-refractivity contribution in [1.29, 1.82) is 0 Å². The maximum absolute atomic E-state index is 13.0. The van der Waals surface area contributed by atoms with Gasteiger partial charge in [-0.2, -0.15) is 25.6 Å². The zero-order valence-electron chi connectivity index (χ0n) is 10.9. The molecule has 3 fully saturated rings. The van der Waals surface area contributed by atoms with Gasteiger partial charge >= 0.3 is 21.3 Å². The summed E-state index contributed by atoms with van der Waals surface area (Å²) in [7, 11) is -9.68. The van der Waals surface area contributed by atoms with E-state index in [9.17, 15) is 30.4 Å². The number of hydrogen-bond acceptors (Lipinski definition) is 7. The summed E-state index contributed by atoms with van der Waals surface area (Å²) in [6.07, 6.45) is 0.251. The minimum Gasteiger partial charge on any atom is -0.458 e. The highest BCUT2D eigenvalue weighted by Crippen LogP contribution is 2.57. The zero-order chi connectivity index (χ0) is 16.5. The first-order valence-corrected chi connectivity index (χ1v) is 9.29. The molecule has 5 unspecified atom stereocenters. The Kier molecular flexibility index (Phi) is 3.34. The van der Waals surface area contributed by atoms with Crippen LogP contribution >= 0.6 is 0 Å². The van der Waals surface area contributed by atoms with Crippen molar-refractivity contribution in [2.24, 2.45) is 17.8 Å². The highest BCUT2D eigenvalue weighted by atomic mass is 32.2. The van der Waals surface area contributed by atoms with Crippen molar-refractivity contribution in [2.45, 2.75) is 29.5 Å². The highest BCUT2D eigenvalue weighted by molar-refractivity contribution is 7.87. The minimum atomic E-state index is -5.72. The third kappa shape index (κ3) is 2.23. The zero-order valence-corrected chi connectivity index (χ0v) is 12.5. The SMILES string of the molecule is O=C(OCC(F)(F)S(=O)(=O)O)C1C2CC3OS(=O)(=O)C1C3C2. The summed E-state index contributed by atoms with van der Waals surface area (Å²) in [6.45, 7) is -1.87. The fourth-order valence-corrected chi connectivity index (χ4v) is 5.95. The van der Waals surface area contributed by atoms with Gasteiger partial charge in [-0.25, -0.2) is 0 Å². The maximum Gasteiger partial charge on any atom is 0.402 e. The van der Waals surface area contributed by atoms with Crippen molar-refractivity contribution in [2.75, 3.05) is 6.61 Å². The molecule has 22 heavy (non-hydrogen) atoms. The van der Waals surface area contributed by atoms with Crippen LogP contribution in [0.5, 0.6) is 0 Å². The number of ether oxygens (including phenoxy) is 1. The van der Waals surface area contributed by atoms with Crippen molar-refractivity contribution in [1.82, 2.24) is 0 Å². The largest absolute Gasteiger partial charge is 0.458 e. The van der Waals surface area contributed by atoms with Crippen LogP contribution in [0.1, 0.15) is 12.8 Å². The fourth-order valence-electron chi connectivity index (χ4n) is 3.64. The van der Waals surface area contributed by atoms with E-state index in [1.54, 1.807) is 0 Å². The van der Waals surface area contributed by atoms with Gasteiger partial charge in [-0.1, -0.05) is 0 Å². The van der Waals surface area contributed by atoms with Crippen molar-refractivity contribution in [3.8, 4) is 0 Å². The second kappa shape index (κ2) is 4.58. The Labute approximate surface area is 124 Å². The molecule has 2 bridgehead atoms. The topological polar surface area (TPSA) is 124 Å². The van der Waals surface area contributed by atoms with Crippen LogP contribution in [0.2, 0.25) is 0 Å². The van der Waals surface area contributed by atoms with Crippen molar-refractivity contribution in [3.63, 3.8) is 0 Å². The lowest BCUT2D eigenvalue weighted by Crippen LogP contribution is -2.40. The van der Waals surface area contributed by atoms with Crippen molar-refractivity contribution in [3.05, 3.63) is 0 Å². The highest BCUT2D eigenvalue weighted by Gasteiger charge is 2.67. The predicted molar refractivity (Wildman–Crippen MR) is 64.7 cm³/mol. The lowest BCUT2D eigenvalue weighted by atomic mass is 9.87. The second-order valence-corrected chi connectivity index (χ2v) is 9.00. The molecule has 12 heteroatoms. The Balaban J connectivity index is 1.75. The van der Waals surface area contributed by atoms with Crippen LogP contribution in [0.4, 0.5) is 8.78 Å². The Morgan fingerprint density at radius 2 is 2.00 bits per heavy atom. The first kappa shape index (κ1) is 16.0. The smallest absolute Gasteiger partial charge is 0.402 e. The van der Waals surface area contributed by atoms with Gasteiger partial charge in [0, 0.05) is 5.92 Å². The van der Waals surface area contributed by atoms with E-state index in [2.05, 4.69) is 4.74 Å².